The SMILES string of the molecule is CCOC(C)(C)CNC(=O)c1ccnc(N)c1. The summed E-state index contributed by atoms with van der Waals surface area (Å²) in [6.07, 6.45) is 1.51. The highest BCUT2D eigenvalue weighted by Gasteiger charge is 2.19. The van der Waals surface area contributed by atoms with Gasteiger partial charge in [0.25, 0.3) is 5.91 Å². The molecule has 0 aliphatic carbocycles. The molecule has 0 radical (unpaired) electrons. The quantitative estimate of drug-likeness (QED) is 0.807. The van der Waals surface area contributed by atoms with Crippen molar-refractivity contribution >= 4 is 11.7 Å². The fourth-order valence-corrected chi connectivity index (χ4v) is 1.43. The van der Waals surface area contributed by atoms with Gasteiger partial charge in [0.1, 0.15) is 5.82 Å². The Morgan fingerprint density at radius 2 is 2.29 bits per heavy atom. The molecule has 3 N–H and O–H groups in total. The van der Waals surface area contributed by atoms with Crippen molar-refractivity contribution in [1.82, 2.24) is 10.3 Å². The van der Waals surface area contributed by atoms with Gasteiger partial charge in [0.05, 0.1) is 5.60 Å². The van der Waals surface area contributed by atoms with Crippen LogP contribution in [-0.2, 0) is 4.74 Å². The van der Waals surface area contributed by atoms with E-state index in [2.05, 4.69) is 10.3 Å². The maximum Gasteiger partial charge on any atom is 0.251 e. The summed E-state index contributed by atoms with van der Waals surface area (Å²) in [5.41, 5.74) is 5.64. The van der Waals surface area contributed by atoms with Gasteiger partial charge in [-0.15, -0.1) is 0 Å². The monoisotopic (exact) mass is 237 g/mol. The second-order valence-corrected chi connectivity index (χ2v) is 4.34. The first-order valence-corrected chi connectivity index (χ1v) is 5.58. The van der Waals surface area contributed by atoms with Gasteiger partial charge in [-0.25, -0.2) is 4.98 Å². The minimum atomic E-state index is -0.372. The Bertz CT molecular complexity index is 391. The van der Waals surface area contributed by atoms with Crippen molar-refractivity contribution in [3.63, 3.8) is 0 Å². The number of anilines is 1. The number of aromatic nitrogens is 1. The Labute approximate surface area is 101 Å². The van der Waals surface area contributed by atoms with Crippen molar-refractivity contribution < 1.29 is 9.53 Å². The highest BCUT2D eigenvalue weighted by Crippen LogP contribution is 2.08. The Kier molecular flexibility index (Phi) is 4.45. The van der Waals surface area contributed by atoms with E-state index in [1.807, 2.05) is 20.8 Å². The molecule has 0 bridgehead atoms. The van der Waals surface area contributed by atoms with Crippen LogP contribution in [-0.4, -0.2) is 29.6 Å². The molecule has 0 saturated carbocycles. The van der Waals surface area contributed by atoms with E-state index in [9.17, 15) is 4.79 Å². The minimum absolute atomic E-state index is 0.174. The zero-order chi connectivity index (χ0) is 12.9. The number of ether oxygens (including phenoxy) is 1. The number of nitrogen functional groups attached to an aromatic ring is 1. The predicted octanol–water partition coefficient (Wildman–Crippen LogP) is 1.21. The fraction of sp³-hybridized carbons (Fsp3) is 0.500. The highest BCUT2D eigenvalue weighted by atomic mass is 16.5. The summed E-state index contributed by atoms with van der Waals surface area (Å²) in [6.45, 7) is 6.84. The Hall–Kier alpha value is -1.62. The summed E-state index contributed by atoms with van der Waals surface area (Å²) in [4.78, 5) is 15.6. The first kappa shape index (κ1) is 13.4. The molecule has 1 rings (SSSR count). The number of hydrogen-bond donors (Lipinski definition) is 2. The van der Waals surface area contributed by atoms with Crippen molar-refractivity contribution in [2.24, 2.45) is 0 Å². The van der Waals surface area contributed by atoms with Crippen LogP contribution in [0, 0.1) is 0 Å². The lowest BCUT2D eigenvalue weighted by Gasteiger charge is -2.24. The standard InChI is InChI=1S/C12H19N3O2/c1-4-17-12(2,3)8-15-11(16)9-5-6-14-10(13)7-9/h5-7H,4,8H2,1-3H3,(H2,13,14)(H,15,16). The Morgan fingerprint density at radius 1 is 1.59 bits per heavy atom. The van der Waals surface area contributed by atoms with E-state index in [0.717, 1.165) is 0 Å². The number of nitrogens with one attached hydrogen (secondary N) is 1. The van der Waals surface area contributed by atoms with Crippen LogP contribution in [0.5, 0.6) is 0 Å². The van der Waals surface area contributed by atoms with Crippen LogP contribution < -0.4 is 11.1 Å². The van der Waals surface area contributed by atoms with Gasteiger partial charge >= 0.3 is 0 Å². The lowest BCUT2D eigenvalue weighted by atomic mass is 10.1. The summed E-state index contributed by atoms with van der Waals surface area (Å²) < 4.78 is 5.49. The first-order chi connectivity index (χ1) is 7.94. The third-order valence-corrected chi connectivity index (χ3v) is 2.25. The van der Waals surface area contributed by atoms with E-state index in [1.165, 1.54) is 6.20 Å². The van der Waals surface area contributed by atoms with Gasteiger partial charge in [-0.1, -0.05) is 0 Å². The van der Waals surface area contributed by atoms with Crippen molar-refractivity contribution in [2.45, 2.75) is 26.4 Å². The lowest BCUT2D eigenvalue weighted by molar-refractivity contribution is -0.00815. The zero-order valence-electron chi connectivity index (χ0n) is 10.5. The maximum atomic E-state index is 11.8. The highest BCUT2D eigenvalue weighted by molar-refractivity contribution is 5.94. The number of nitrogens with two attached hydrogens (primary N) is 1. The number of pyridine rings is 1. The third kappa shape index (κ3) is 4.40. The molecule has 0 unspecified atom stereocenters. The van der Waals surface area contributed by atoms with Crippen LogP contribution in [0.3, 0.4) is 0 Å². The smallest absolute Gasteiger partial charge is 0.251 e. The Balaban J connectivity index is 2.56. The second kappa shape index (κ2) is 5.63. The summed E-state index contributed by atoms with van der Waals surface area (Å²) in [5.74, 6) is 0.161. The molecule has 0 aliphatic rings. The molecule has 17 heavy (non-hydrogen) atoms. The summed E-state index contributed by atoms with van der Waals surface area (Å²) in [6, 6.07) is 3.17. The van der Waals surface area contributed by atoms with E-state index in [-0.39, 0.29) is 11.5 Å². The topological polar surface area (TPSA) is 77.2 Å². The van der Waals surface area contributed by atoms with Gasteiger partial charge in [0.2, 0.25) is 0 Å². The average Bonchev–Trinajstić information content (AvgIpc) is 2.26. The molecule has 0 spiro atoms. The minimum Gasteiger partial charge on any atom is -0.384 e. The average molecular weight is 237 g/mol. The zero-order valence-corrected chi connectivity index (χ0v) is 10.5. The number of nitrogens with zero attached hydrogens (tertiary/aromatic N) is 1. The number of hydrogen-bond acceptors (Lipinski definition) is 4. The van der Waals surface area contributed by atoms with Gasteiger partial charge < -0.3 is 15.8 Å². The van der Waals surface area contributed by atoms with Gasteiger partial charge in [0.15, 0.2) is 0 Å². The van der Waals surface area contributed by atoms with Crippen LogP contribution in [0.15, 0.2) is 18.3 Å². The van der Waals surface area contributed by atoms with Crippen LogP contribution in [0.4, 0.5) is 5.82 Å². The van der Waals surface area contributed by atoms with Crippen molar-refractivity contribution in [3.05, 3.63) is 23.9 Å². The summed E-state index contributed by atoms with van der Waals surface area (Å²) in [5, 5.41) is 2.80. The number of amides is 1. The molecule has 0 aromatic carbocycles. The van der Waals surface area contributed by atoms with Gasteiger partial charge in [-0.05, 0) is 32.9 Å². The molecule has 0 aliphatic heterocycles. The Morgan fingerprint density at radius 3 is 2.88 bits per heavy atom. The van der Waals surface area contributed by atoms with E-state index in [0.29, 0.717) is 24.5 Å². The first-order valence-electron chi connectivity index (χ1n) is 5.58. The van der Waals surface area contributed by atoms with Gasteiger partial charge in [0, 0.05) is 24.9 Å². The van der Waals surface area contributed by atoms with E-state index in [1.54, 1.807) is 12.1 Å². The molecule has 1 heterocycles. The summed E-state index contributed by atoms with van der Waals surface area (Å²) >= 11 is 0. The van der Waals surface area contributed by atoms with E-state index < -0.39 is 0 Å². The molecule has 5 nitrogen and oxygen atoms in total. The third-order valence-electron chi connectivity index (χ3n) is 2.25. The lowest BCUT2D eigenvalue weighted by Crippen LogP contribution is -2.40. The molecule has 0 fully saturated rings. The van der Waals surface area contributed by atoms with E-state index in [4.69, 9.17) is 10.5 Å². The largest absolute Gasteiger partial charge is 0.384 e. The van der Waals surface area contributed by atoms with Gasteiger partial charge in [-0.3, -0.25) is 4.79 Å². The van der Waals surface area contributed by atoms with Crippen LogP contribution in [0.2, 0.25) is 0 Å². The maximum absolute atomic E-state index is 11.8. The van der Waals surface area contributed by atoms with Crippen molar-refractivity contribution in [3.8, 4) is 0 Å². The van der Waals surface area contributed by atoms with Crippen LogP contribution in [0.25, 0.3) is 0 Å². The summed E-state index contributed by atoms with van der Waals surface area (Å²) in [7, 11) is 0. The predicted molar refractivity (Wildman–Crippen MR) is 66.7 cm³/mol. The normalized spacial score (nSPS) is 11.2. The fourth-order valence-electron chi connectivity index (χ4n) is 1.43. The molecule has 1 amide bonds. The molecule has 1 aromatic rings. The molecule has 0 saturated heterocycles. The second-order valence-electron chi connectivity index (χ2n) is 4.34. The van der Waals surface area contributed by atoms with E-state index >= 15 is 0 Å². The molecule has 1 aromatic heterocycles. The van der Waals surface area contributed by atoms with Crippen molar-refractivity contribution in [2.75, 3.05) is 18.9 Å². The molecule has 0 atom stereocenters. The molecule has 5 heteroatoms. The van der Waals surface area contributed by atoms with Crippen LogP contribution >= 0.6 is 0 Å². The molecular formula is C12H19N3O2. The number of carbonyl (C=O) groups is 1. The van der Waals surface area contributed by atoms with Gasteiger partial charge in [-0.2, -0.15) is 0 Å². The van der Waals surface area contributed by atoms with Crippen molar-refractivity contribution in [1.29, 1.82) is 0 Å². The van der Waals surface area contributed by atoms with Crippen LogP contribution in [0.1, 0.15) is 31.1 Å². The molecule has 94 valence electrons. The molecular weight excluding hydrogens is 218 g/mol. The number of rotatable bonds is 5. The number of carbonyl (C=O) groups excluding carboxylic acids is 1.